The molecule has 0 aromatic heterocycles. The monoisotopic (exact) mass is 456 g/mol. The highest BCUT2D eigenvalue weighted by Gasteiger charge is 2.11. The van der Waals surface area contributed by atoms with Gasteiger partial charge in [0.1, 0.15) is 13.2 Å². The molecule has 2 aromatic carbocycles. The normalized spacial score (nSPS) is 10.4. The maximum absolute atomic E-state index is 12.4. The molecule has 0 aliphatic heterocycles. The fourth-order valence-electron chi connectivity index (χ4n) is 2.59. The zero-order chi connectivity index (χ0) is 23.7. The van der Waals surface area contributed by atoms with Crippen LogP contribution < -0.4 is 0 Å². The molecule has 0 unspecified atom stereocenters. The van der Waals surface area contributed by atoms with Crippen LogP contribution in [0.25, 0.3) is 0 Å². The molecular formula is C25H28O8. The molecule has 8 heteroatoms. The van der Waals surface area contributed by atoms with Gasteiger partial charge in [0, 0.05) is 17.2 Å². The van der Waals surface area contributed by atoms with Gasteiger partial charge in [0.15, 0.2) is 5.78 Å². The summed E-state index contributed by atoms with van der Waals surface area (Å²) < 4.78 is 25.8. The lowest BCUT2D eigenvalue weighted by Crippen LogP contribution is -2.15. The molecule has 0 fully saturated rings. The van der Waals surface area contributed by atoms with E-state index in [4.69, 9.17) is 23.7 Å². The number of rotatable bonds is 16. The van der Waals surface area contributed by atoms with Crippen LogP contribution >= 0.6 is 0 Å². The quantitative estimate of drug-likeness (QED) is 0.165. The van der Waals surface area contributed by atoms with Crippen molar-refractivity contribution in [2.45, 2.75) is 0 Å². The van der Waals surface area contributed by atoms with Crippen LogP contribution in [-0.4, -0.2) is 70.6 Å². The van der Waals surface area contributed by atoms with E-state index in [9.17, 15) is 14.4 Å². The van der Waals surface area contributed by atoms with E-state index in [-0.39, 0.29) is 32.2 Å². The lowest BCUT2D eigenvalue weighted by atomic mass is 10.0. The van der Waals surface area contributed by atoms with Gasteiger partial charge in [0.05, 0.1) is 45.2 Å². The van der Waals surface area contributed by atoms with E-state index < -0.39 is 11.9 Å². The minimum absolute atomic E-state index is 0.105. The van der Waals surface area contributed by atoms with Crippen LogP contribution in [0.5, 0.6) is 0 Å². The van der Waals surface area contributed by atoms with Gasteiger partial charge in [-0.3, -0.25) is 4.79 Å². The Kier molecular flexibility index (Phi) is 12.2. The third kappa shape index (κ3) is 10.2. The number of ether oxygens (including phenoxy) is 5. The fourth-order valence-corrected chi connectivity index (χ4v) is 2.59. The van der Waals surface area contributed by atoms with Crippen LogP contribution in [-0.2, 0) is 28.5 Å². The lowest BCUT2D eigenvalue weighted by molar-refractivity contribution is -0.139. The summed E-state index contributed by atoms with van der Waals surface area (Å²) in [7, 11) is 0. The van der Waals surface area contributed by atoms with Crippen molar-refractivity contribution in [2.24, 2.45) is 0 Å². The van der Waals surface area contributed by atoms with Gasteiger partial charge in [-0.1, -0.05) is 49.0 Å². The van der Waals surface area contributed by atoms with E-state index >= 15 is 0 Å². The predicted molar refractivity (Wildman–Crippen MR) is 120 cm³/mol. The Morgan fingerprint density at radius 3 is 1.61 bits per heavy atom. The van der Waals surface area contributed by atoms with Crippen LogP contribution in [0.2, 0.25) is 0 Å². The summed E-state index contributed by atoms with van der Waals surface area (Å²) in [6.45, 7) is 5.59. The average molecular weight is 456 g/mol. The van der Waals surface area contributed by atoms with Gasteiger partial charge in [-0.15, -0.1) is 0 Å². The number of hydrogen-bond acceptors (Lipinski definition) is 8. The Hall–Kier alpha value is -3.33. The SMILES string of the molecule is C=CC(=O)OCCOCCOCCOCCOC(=O)c1ccc(C(=O)c2ccccc2)cc1. The summed E-state index contributed by atoms with van der Waals surface area (Å²) >= 11 is 0. The van der Waals surface area contributed by atoms with Crippen molar-refractivity contribution in [3.05, 3.63) is 83.9 Å². The highest BCUT2D eigenvalue weighted by Crippen LogP contribution is 2.11. The summed E-state index contributed by atoms with van der Waals surface area (Å²) in [6.07, 6.45) is 1.09. The molecule has 0 aliphatic rings. The Balaban J connectivity index is 1.50. The number of carbonyl (C=O) groups is 3. The zero-order valence-electron chi connectivity index (χ0n) is 18.4. The largest absolute Gasteiger partial charge is 0.460 e. The van der Waals surface area contributed by atoms with Gasteiger partial charge in [0.2, 0.25) is 0 Å². The summed E-state index contributed by atoms with van der Waals surface area (Å²) in [5.41, 5.74) is 1.46. The van der Waals surface area contributed by atoms with Crippen LogP contribution in [0.15, 0.2) is 67.3 Å². The van der Waals surface area contributed by atoms with Crippen LogP contribution in [0.4, 0.5) is 0 Å². The summed E-state index contributed by atoms with van der Waals surface area (Å²) in [5.74, 6) is -1.07. The summed E-state index contributed by atoms with van der Waals surface area (Å²) in [6, 6.07) is 15.3. The number of ketones is 1. The summed E-state index contributed by atoms with van der Waals surface area (Å²) in [5, 5.41) is 0. The molecule has 2 rings (SSSR count). The first-order valence-electron chi connectivity index (χ1n) is 10.5. The molecule has 0 atom stereocenters. The van der Waals surface area contributed by atoms with E-state index in [1.54, 1.807) is 48.5 Å². The molecule has 0 N–H and O–H groups in total. The molecule has 176 valence electrons. The van der Waals surface area contributed by atoms with Gasteiger partial charge in [-0.25, -0.2) is 9.59 Å². The molecule has 0 saturated carbocycles. The van der Waals surface area contributed by atoms with E-state index in [2.05, 4.69) is 6.58 Å². The second kappa shape index (κ2) is 15.5. The first kappa shape index (κ1) is 25.9. The van der Waals surface area contributed by atoms with Crippen LogP contribution in [0.3, 0.4) is 0 Å². The third-order valence-corrected chi connectivity index (χ3v) is 4.26. The maximum atomic E-state index is 12.4. The topological polar surface area (TPSA) is 97.4 Å². The Bertz CT molecular complexity index is 877. The minimum atomic E-state index is -0.482. The number of hydrogen-bond donors (Lipinski definition) is 0. The van der Waals surface area contributed by atoms with Crippen molar-refractivity contribution >= 4 is 17.7 Å². The predicted octanol–water partition coefficient (Wildman–Crippen LogP) is 2.85. The molecule has 2 aromatic rings. The van der Waals surface area contributed by atoms with Crippen LogP contribution in [0, 0.1) is 0 Å². The second-order valence-electron chi connectivity index (χ2n) is 6.62. The molecule has 8 nitrogen and oxygen atoms in total. The van der Waals surface area contributed by atoms with E-state index in [1.165, 1.54) is 0 Å². The minimum Gasteiger partial charge on any atom is -0.460 e. The van der Waals surface area contributed by atoms with Crippen molar-refractivity contribution in [2.75, 3.05) is 52.9 Å². The van der Waals surface area contributed by atoms with E-state index in [0.29, 0.717) is 43.1 Å². The van der Waals surface area contributed by atoms with Gasteiger partial charge >= 0.3 is 11.9 Å². The van der Waals surface area contributed by atoms with Crippen LogP contribution in [0.1, 0.15) is 26.3 Å². The van der Waals surface area contributed by atoms with Crippen molar-refractivity contribution in [1.29, 1.82) is 0 Å². The van der Waals surface area contributed by atoms with Gasteiger partial charge in [-0.2, -0.15) is 0 Å². The first-order chi connectivity index (χ1) is 16.1. The standard InChI is InChI=1S/C25H28O8/c1-2-23(26)32-18-16-30-14-12-29-13-15-31-17-19-33-25(28)22-10-8-21(9-11-22)24(27)20-6-4-3-5-7-20/h2-11H,1,12-19H2. The number of benzene rings is 2. The van der Waals surface area contributed by atoms with Crippen molar-refractivity contribution < 1.29 is 38.1 Å². The fraction of sp³-hybridized carbons (Fsp3) is 0.320. The first-order valence-corrected chi connectivity index (χ1v) is 10.5. The molecule has 0 heterocycles. The zero-order valence-corrected chi connectivity index (χ0v) is 18.4. The van der Waals surface area contributed by atoms with Crippen molar-refractivity contribution in [3.8, 4) is 0 Å². The highest BCUT2D eigenvalue weighted by atomic mass is 16.6. The Morgan fingerprint density at radius 1 is 0.606 bits per heavy atom. The average Bonchev–Trinajstić information content (AvgIpc) is 2.86. The lowest BCUT2D eigenvalue weighted by Gasteiger charge is -2.08. The Labute approximate surface area is 193 Å². The molecule has 0 saturated heterocycles. The van der Waals surface area contributed by atoms with Gasteiger partial charge in [-0.05, 0) is 12.1 Å². The van der Waals surface area contributed by atoms with Gasteiger partial charge < -0.3 is 23.7 Å². The molecule has 0 bridgehead atoms. The van der Waals surface area contributed by atoms with Crippen molar-refractivity contribution in [1.82, 2.24) is 0 Å². The number of esters is 2. The Morgan fingerprint density at radius 2 is 1.06 bits per heavy atom. The molecule has 0 radical (unpaired) electrons. The van der Waals surface area contributed by atoms with E-state index in [0.717, 1.165) is 6.08 Å². The number of carbonyl (C=O) groups excluding carboxylic acids is 3. The molecule has 0 spiro atoms. The molecular weight excluding hydrogens is 428 g/mol. The second-order valence-corrected chi connectivity index (χ2v) is 6.62. The smallest absolute Gasteiger partial charge is 0.338 e. The molecule has 0 amide bonds. The highest BCUT2D eigenvalue weighted by molar-refractivity contribution is 6.09. The van der Waals surface area contributed by atoms with E-state index in [1.807, 2.05) is 6.07 Å². The van der Waals surface area contributed by atoms with Gasteiger partial charge in [0.25, 0.3) is 0 Å². The molecule has 33 heavy (non-hydrogen) atoms. The third-order valence-electron chi connectivity index (χ3n) is 4.26. The molecule has 0 aliphatic carbocycles. The summed E-state index contributed by atoms with van der Waals surface area (Å²) in [4.78, 5) is 35.3. The van der Waals surface area contributed by atoms with Crippen molar-refractivity contribution in [3.63, 3.8) is 0 Å². The maximum Gasteiger partial charge on any atom is 0.338 e.